The molecule has 29 heavy (non-hydrogen) atoms. The summed E-state index contributed by atoms with van der Waals surface area (Å²) in [6, 6.07) is 17.1. The lowest BCUT2D eigenvalue weighted by molar-refractivity contribution is -0.0819. The van der Waals surface area contributed by atoms with Gasteiger partial charge in [0.25, 0.3) is 0 Å². The fourth-order valence-corrected chi connectivity index (χ4v) is 3.93. The molecule has 4 rings (SSSR count). The average Bonchev–Trinajstić information content (AvgIpc) is 2.75. The van der Waals surface area contributed by atoms with E-state index in [1.54, 1.807) is 18.3 Å². The van der Waals surface area contributed by atoms with Gasteiger partial charge in [-0.05, 0) is 49.2 Å². The molecular formula is C23H25ClN2O3. The van der Waals surface area contributed by atoms with Crippen LogP contribution in [0, 0.1) is 0 Å². The number of hydrogen-bond acceptors (Lipinski definition) is 5. The molecule has 0 aliphatic carbocycles. The average molecular weight is 413 g/mol. The Bertz CT molecular complexity index is 956. The largest absolute Gasteiger partial charge is 0.493 e. The van der Waals surface area contributed by atoms with Gasteiger partial charge in [0, 0.05) is 41.7 Å². The van der Waals surface area contributed by atoms with Crippen LogP contribution in [-0.4, -0.2) is 46.0 Å². The molecule has 0 spiro atoms. The Morgan fingerprint density at radius 2 is 1.83 bits per heavy atom. The van der Waals surface area contributed by atoms with Crippen molar-refractivity contribution in [2.24, 2.45) is 0 Å². The van der Waals surface area contributed by atoms with E-state index in [9.17, 15) is 10.2 Å². The van der Waals surface area contributed by atoms with Crippen LogP contribution in [0.3, 0.4) is 0 Å². The van der Waals surface area contributed by atoms with E-state index in [4.69, 9.17) is 16.3 Å². The zero-order valence-electron chi connectivity index (χ0n) is 16.2. The second kappa shape index (κ2) is 8.67. The fraction of sp³-hybridized carbons (Fsp3) is 0.348. The zero-order chi connectivity index (χ0) is 20.3. The van der Waals surface area contributed by atoms with Gasteiger partial charge in [0.15, 0.2) is 0 Å². The molecule has 0 saturated carbocycles. The summed E-state index contributed by atoms with van der Waals surface area (Å²) in [5, 5.41) is 23.4. The number of para-hydroxylation sites is 1. The van der Waals surface area contributed by atoms with E-state index < -0.39 is 11.8 Å². The molecule has 2 aromatic carbocycles. The molecule has 0 amide bonds. The third kappa shape index (κ3) is 4.70. The molecule has 1 aromatic heterocycles. The first kappa shape index (κ1) is 20.1. The van der Waals surface area contributed by atoms with Crippen LogP contribution in [0.2, 0.25) is 5.02 Å². The number of aliphatic hydroxyl groups excluding tert-OH is 1. The maximum Gasteiger partial charge on any atom is 0.119 e. The molecule has 0 radical (unpaired) electrons. The fourth-order valence-electron chi connectivity index (χ4n) is 3.80. The molecular weight excluding hydrogens is 388 g/mol. The van der Waals surface area contributed by atoms with Crippen molar-refractivity contribution in [1.82, 2.24) is 9.88 Å². The van der Waals surface area contributed by atoms with Crippen LogP contribution in [0.5, 0.6) is 5.75 Å². The third-order valence-electron chi connectivity index (χ3n) is 5.63. The highest BCUT2D eigenvalue weighted by Crippen LogP contribution is 2.34. The first-order chi connectivity index (χ1) is 14.0. The molecule has 152 valence electrons. The Labute approximate surface area is 175 Å². The first-order valence-corrected chi connectivity index (χ1v) is 10.3. The zero-order valence-corrected chi connectivity index (χ0v) is 16.9. The maximum absolute atomic E-state index is 11.2. The van der Waals surface area contributed by atoms with E-state index in [1.807, 2.05) is 47.4 Å². The molecule has 2 heterocycles. The molecule has 1 aliphatic heterocycles. The molecule has 1 atom stereocenters. The van der Waals surface area contributed by atoms with Crippen LogP contribution >= 0.6 is 11.6 Å². The van der Waals surface area contributed by atoms with Crippen LogP contribution in [-0.2, 0) is 5.60 Å². The number of rotatable bonds is 6. The second-order valence-corrected chi connectivity index (χ2v) is 7.99. The Morgan fingerprint density at radius 3 is 2.59 bits per heavy atom. The van der Waals surface area contributed by atoms with Crippen molar-refractivity contribution in [3.63, 3.8) is 0 Å². The Hall–Kier alpha value is -2.18. The van der Waals surface area contributed by atoms with Crippen LogP contribution in [0.25, 0.3) is 10.9 Å². The van der Waals surface area contributed by atoms with Crippen LogP contribution in [0.1, 0.15) is 24.8 Å². The summed E-state index contributed by atoms with van der Waals surface area (Å²) in [6.07, 6.45) is 2.79. The highest BCUT2D eigenvalue weighted by molar-refractivity contribution is 6.30. The van der Waals surface area contributed by atoms with E-state index in [-0.39, 0.29) is 0 Å². The number of hydrogen-bond donors (Lipinski definition) is 2. The van der Waals surface area contributed by atoms with E-state index in [1.165, 1.54) is 0 Å². The van der Waals surface area contributed by atoms with Gasteiger partial charge in [-0.25, -0.2) is 0 Å². The molecule has 1 saturated heterocycles. The lowest BCUT2D eigenvalue weighted by Gasteiger charge is -2.40. The predicted octanol–water partition coefficient (Wildman–Crippen LogP) is 3.96. The van der Waals surface area contributed by atoms with Gasteiger partial charge in [-0.1, -0.05) is 29.8 Å². The maximum atomic E-state index is 11.2. The summed E-state index contributed by atoms with van der Waals surface area (Å²) in [5.41, 5.74) is 0.859. The van der Waals surface area contributed by atoms with Gasteiger partial charge in [-0.2, -0.15) is 0 Å². The molecule has 1 unspecified atom stereocenters. The molecule has 3 aromatic rings. The number of aliphatic hydroxyl groups is 2. The standard InChI is InChI=1S/C23H25ClN2O3/c24-19-5-7-20(8-6-19)29-14-9-22(27)26-12-10-23(28,11-13-26)18-15-17-3-1-2-4-21(17)25-16-18/h1-8,15-16,22,27-28H,9-14H2. The first-order valence-electron chi connectivity index (χ1n) is 9.92. The van der Waals surface area contributed by atoms with Crippen LogP contribution < -0.4 is 4.74 Å². The van der Waals surface area contributed by atoms with Crippen molar-refractivity contribution in [2.75, 3.05) is 19.7 Å². The number of ether oxygens (including phenoxy) is 1. The number of piperidine rings is 1. The van der Waals surface area contributed by atoms with E-state index >= 15 is 0 Å². The van der Waals surface area contributed by atoms with Crippen molar-refractivity contribution < 1.29 is 14.9 Å². The van der Waals surface area contributed by atoms with Crippen molar-refractivity contribution in [3.05, 3.63) is 71.4 Å². The van der Waals surface area contributed by atoms with E-state index in [0.29, 0.717) is 44.0 Å². The second-order valence-electron chi connectivity index (χ2n) is 7.56. The highest BCUT2D eigenvalue weighted by Gasteiger charge is 2.36. The van der Waals surface area contributed by atoms with Gasteiger partial charge in [0.2, 0.25) is 0 Å². The van der Waals surface area contributed by atoms with Gasteiger partial charge in [-0.15, -0.1) is 0 Å². The lowest BCUT2D eigenvalue weighted by atomic mass is 9.84. The smallest absolute Gasteiger partial charge is 0.119 e. The number of likely N-dealkylation sites (tertiary alicyclic amines) is 1. The minimum atomic E-state index is -0.910. The third-order valence-corrected chi connectivity index (χ3v) is 5.88. The van der Waals surface area contributed by atoms with Crippen molar-refractivity contribution in [2.45, 2.75) is 31.1 Å². The van der Waals surface area contributed by atoms with E-state index in [2.05, 4.69) is 4.98 Å². The van der Waals surface area contributed by atoms with Gasteiger partial charge in [0.1, 0.15) is 12.0 Å². The normalized spacial score (nSPS) is 17.9. The van der Waals surface area contributed by atoms with Gasteiger partial charge >= 0.3 is 0 Å². The van der Waals surface area contributed by atoms with Crippen LogP contribution in [0.4, 0.5) is 0 Å². The SMILES string of the molecule is OC(CCOc1ccc(Cl)cc1)N1CCC(O)(c2cnc3ccccc3c2)CC1. The summed E-state index contributed by atoms with van der Waals surface area (Å²) < 4.78 is 5.67. The number of halogens is 1. The number of nitrogens with zero attached hydrogens (tertiary/aromatic N) is 2. The van der Waals surface area contributed by atoms with Gasteiger partial charge < -0.3 is 14.9 Å². The predicted molar refractivity (Wildman–Crippen MR) is 114 cm³/mol. The molecule has 5 nitrogen and oxygen atoms in total. The molecule has 1 aliphatic rings. The molecule has 1 fully saturated rings. The quantitative estimate of drug-likeness (QED) is 0.641. The summed E-state index contributed by atoms with van der Waals surface area (Å²) in [7, 11) is 0. The van der Waals surface area contributed by atoms with Crippen LogP contribution in [0.15, 0.2) is 60.8 Å². The monoisotopic (exact) mass is 412 g/mol. The summed E-state index contributed by atoms with van der Waals surface area (Å²) in [4.78, 5) is 6.48. The molecule has 6 heteroatoms. The van der Waals surface area contributed by atoms with Crippen molar-refractivity contribution in [1.29, 1.82) is 0 Å². The highest BCUT2D eigenvalue weighted by atomic mass is 35.5. The summed E-state index contributed by atoms with van der Waals surface area (Å²) >= 11 is 5.87. The molecule has 0 bridgehead atoms. The summed E-state index contributed by atoms with van der Waals surface area (Å²) in [6.45, 7) is 1.65. The Kier molecular flexibility index (Phi) is 6.01. The minimum Gasteiger partial charge on any atom is -0.493 e. The number of fused-ring (bicyclic) bond motifs is 1. The summed E-state index contributed by atoms with van der Waals surface area (Å²) in [5.74, 6) is 0.735. The van der Waals surface area contributed by atoms with Gasteiger partial charge in [0.05, 0.1) is 17.7 Å². The number of aromatic nitrogens is 1. The van der Waals surface area contributed by atoms with E-state index in [0.717, 1.165) is 22.2 Å². The topological polar surface area (TPSA) is 65.8 Å². The van der Waals surface area contributed by atoms with Crippen molar-refractivity contribution >= 4 is 22.5 Å². The lowest BCUT2D eigenvalue weighted by Crippen LogP contribution is -2.47. The minimum absolute atomic E-state index is 0.415. The van der Waals surface area contributed by atoms with Gasteiger partial charge in [-0.3, -0.25) is 9.88 Å². The van der Waals surface area contributed by atoms with Crippen molar-refractivity contribution in [3.8, 4) is 5.75 Å². The number of pyridine rings is 1. The Balaban J connectivity index is 1.31. The number of benzene rings is 2. The Morgan fingerprint density at radius 1 is 1.10 bits per heavy atom. The molecule has 2 N–H and O–H groups in total.